The van der Waals surface area contributed by atoms with Crippen LogP contribution in [0.15, 0.2) is 71.3 Å². The first-order chi connectivity index (χ1) is 13.6. The molecule has 2 aromatic heterocycles. The van der Waals surface area contributed by atoms with Crippen LogP contribution in [0.5, 0.6) is 0 Å². The number of carbonyl (C=O) groups is 1. The number of halogens is 1. The number of carbonyl (C=O) groups excluding carboxylic acids is 1. The molecule has 0 aliphatic carbocycles. The average Bonchev–Trinajstić information content (AvgIpc) is 3.11. The van der Waals surface area contributed by atoms with E-state index in [1.54, 1.807) is 6.07 Å². The molecule has 0 saturated heterocycles. The van der Waals surface area contributed by atoms with E-state index >= 15 is 0 Å². The van der Waals surface area contributed by atoms with Gasteiger partial charge in [-0.2, -0.15) is 15.0 Å². The highest BCUT2D eigenvalue weighted by Crippen LogP contribution is 2.21. The summed E-state index contributed by atoms with van der Waals surface area (Å²) in [6, 6.07) is 21.0. The second kappa shape index (κ2) is 7.62. The van der Waals surface area contributed by atoms with Crippen LogP contribution in [0.1, 0.15) is 11.1 Å². The van der Waals surface area contributed by atoms with Crippen LogP contribution in [0.2, 0.25) is 0 Å². The Morgan fingerprint density at radius 1 is 1.11 bits per heavy atom. The van der Waals surface area contributed by atoms with Crippen LogP contribution in [0.3, 0.4) is 0 Å². The van der Waals surface area contributed by atoms with Gasteiger partial charge in [-0.25, -0.2) is 4.98 Å². The Morgan fingerprint density at radius 2 is 1.89 bits per heavy atom. The van der Waals surface area contributed by atoms with Gasteiger partial charge in [0.2, 0.25) is 5.91 Å². The summed E-state index contributed by atoms with van der Waals surface area (Å²) in [5.74, 6) is 0.605. The van der Waals surface area contributed by atoms with Crippen molar-refractivity contribution in [2.24, 2.45) is 0 Å². The van der Waals surface area contributed by atoms with Crippen LogP contribution in [0.4, 0.5) is 5.82 Å². The lowest BCUT2D eigenvalue weighted by atomic mass is 10.1. The van der Waals surface area contributed by atoms with Gasteiger partial charge in [0.05, 0.1) is 18.1 Å². The number of fused-ring (bicyclic) bond motifs is 1. The molecule has 136 valence electrons. The second-order valence-electron chi connectivity index (χ2n) is 6.14. The number of anilines is 1. The number of para-hydroxylation sites is 1. The fourth-order valence-electron chi connectivity index (χ4n) is 2.86. The SMILES string of the molecule is N#Cc1cnn(-c2ccc3ccccc3n2)c1NC(=O)Cc1ccc(Br)cc1. The normalized spacial score (nSPS) is 10.6. The molecule has 0 atom stereocenters. The van der Waals surface area contributed by atoms with Gasteiger partial charge < -0.3 is 5.32 Å². The fourth-order valence-corrected chi connectivity index (χ4v) is 3.13. The van der Waals surface area contributed by atoms with Crippen LogP contribution in [0.25, 0.3) is 16.7 Å². The van der Waals surface area contributed by atoms with Gasteiger partial charge in [0, 0.05) is 9.86 Å². The highest BCUT2D eigenvalue weighted by Gasteiger charge is 2.16. The summed E-state index contributed by atoms with van der Waals surface area (Å²) in [5, 5.41) is 17.5. The standard InChI is InChI=1S/C21H14BrN5O/c22-17-8-5-14(6-9-17)11-20(28)26-21-16(12-23)13-24-27(21)19-10-7-15-3-1-2-4-18(15)25-19/h1-10,13H,11H2,(H,26,28). The third-order valence-corrected chi connectivity index (χ3v) is 4.75. The first kappa shape index (κ1) is 17.9. The Balaban J connectivity index is 1.65. The summed E-state index contributed by atoms with van der Waals surface area (Å²) in [6.45, 7) is 0. The fraction of sp³-hybridized carbons (Fsp3) is 0.0476. The molecule has 0 bridgehead atoms. The third-order valence-electron chi connectivity index (χ3n) is 4.23. The van der Waals surface area contributed by atoms with Crippen LogP contribution in [-0.2, 0) is 11.2 Å². The van der Waals surface area contributed by atoms with Gasteiger partial charge in [-0.1, -0.05) is 46.3 Å². The zero-order valence-electron chi connectivity index (χ0n) is 14.6. The highest BCUT2D eigenvalue weighted by molar-refractivity contribution is 9.10. The number of nitrogens with one attached hydrogen (secondary N) is 1. The van der Waals surface area contributed by atoms with Crippen molar-refractivity contribution in [1.29, 1.82) is 5.26 Å². The molecular weight excluding hydrogens is 418 g/mol. The van der Waals surface area contributed by atoms with Crippen LogP contribution < -0.4 is 5.32 Å². The van der Waals surface area contributed by atoms with E-state index in [2.05, 4.69) is 37.4 Å². The first-order valence-electron chi connectivity index (χ1n) is 8.52. The van der Waals surface area contributed by atoms with E-state index in [1.807, 2.05) is 54.6 Å². The van der Waals surface area contributed by atoms with Gasteiger partial charge in [-0.3, -0.25) is 4.79 Å². The van der Waals surface area contributed by atoms with Gasteiger partial charge >= 0.3 is 0 Å². The number of nitriles is 1. The summed E-state index contributed by atoms with van der Waals surface area (Å²) in [4.78, 5) is 17.1. The number of benzene rings is 2. The number of amides is 1. The molecule has 7 heteroatoms. The summed E-state index contributed by atoms with van der Waals surface area (Å²) in [6.07, 6.45) is 1.61. The van der Waals surface area contributed by atoms with Crippen molar-refractivity contribution >= 4 is 38.6 Å². The minimum Gasteiger partial charge on any atom is -0.309 e. The number of aromatic nitrogens is 3. The highest BCUT2D eigenvalue weighted by atomic mass is 79.9. The number of nitrogens with zero attached hydrogens (tertiary/aromatic N) is 4. The number of hydrogen-bond acceptors (Lipinski definition) is 4. The van der Waals surface area contributed by atoms with Crippen molar-refractivity contribution in [2.45, 2.75) is 6.42 Å². The predicted molar refractivity (Wildman–Crippen MR) is 110 cm³/mol. The molecule has 0 fully saturated rings. The topological polar surface area (TPSA) is 83.6 Å². The molecule has 0 aliphatic heterocycles. The summed E-state index contributed by atoms with van der Waals surface area (Å²) in [5.41, 5.74) is 1.95. The molecule has 0 unspecified atom stereocenters. The lowest BCUT2D eigenvalue weighted by molar-refractivity contribution is -0.115. The summed E-state index contributed by atoms with van der Waals surface area (Å²) >= 11 is 3.38. The molecule has 1 amide bonds. The Bertz CT molecular complexity index is 1210. The van der Waals surface area contributed by atoms with Crippen molar-refractivity contribution in [3.8, 4) is 11.9 Å². The van der Waals surface area contributed by atoms with Gasteiger partial charge in [0.1, 0.15) is 11.6 Å². The zero-order chi connectivity index (χ0) is 19.5. The Morgan fingerprint density at radius 3 is 2.68 bits per heavy atom. The molecule has 6 nitrogen and oxygen atoms in total. The molecule has 0 saturated carbocycles. The zero-order valence-corrected chi connectivity index (χ0v) is 16.2. The Hall–Kier alpha value is -3.50. The Labute approximate surface area is 169 Å². The maximum Gasteiger partial charge on any atom is 0.229 e. The van der Waals surface area contributed by atoms with Crippen molar-refractivity contribution < 1.29 is 4.79 Å². The number of rotatable bonds is 4. The smallest absolute Gasteiger partial charge is 0.229 e. The molecule has 2 aromatic carbocycles. The molecule has 0 radical (unpaired) electrons. The largest absolute Gasteiger partial charge is 0.309 e. The van der Waals surface area contributed by atoms with Crippen molar-refractivity contribution in [3.05, 3.63) is 82.5 Å². The summed E-state index contributed by atoms with van der Waals surface area (Å²) < 4.78 is 2.42. The maximum atomic E-state index is 12.5. The average molecular weight is 432 g/mol. The third kappa shape index (κ3) is 3.63. The van der Waals surface area contributed by atoms with Crippen molar-refractivity contribution in [3.63, 3.8) is 0 Å². The monoisotopic (exact) mass is 431 g/mol. The van der Waals surface area contributed by atoms with E-state index in [9.17, 15) is 10.1 Å². The van der Waals surface area contributed by atoms with E-state index < -0.39 is 0 Å². The molecule has 28 heavy (non-hydrogen) atoms. The van der Waals surface area contributed by atoms with Crippen molar-refractivity contribution in [2.75, 3.05) is 5.32 Å². The number of pyridine rings is 1. The molecule has 0 aliphatic rings. The minimum atomic E-state index is -0.235. The molecular formula is C21H14BrN5O. The molecule has 4 aromatic rings. The van der Waals surface area contributed by atoms with Crippen LogP contribution in [0, 0.1) is 11.3 Å². The number of hydrogen-bond donors (Lipinski definition) is 1. The van der Waals surface area contributed by atoms with E-state index in [0.29, 0.717) is 11.6 Å². The first-order valence-corrected chi connectivity index (χ1v) is 9.32. The van der Waals surface area contributed by atoms with E-state index in [4.69, 9.17) is 0 Å². The van der Waals surface area contributed by atoms with Crippen LogP contribution in [-0.4, -0.2) is 20.7 Å². The quantitative estimate of drug-likeness (QED) is 0.523. The van der Waals surface area contributed by atoms with Crippen LogP contribution >= 0.6 is 15.9 Å². The van der Waals surface area contributed by atoms with E-state index in [-0.39, 0.29) is 17.9 Å². The van der Waals surface area contributed by atoms with Crippen molar-refractivity contribution in [1.82, 2.24) is 14.8 Å². The van der Waals surface area contributed by atoms with Gasteiger partial charge in [0.15, 0.2) is 11.6 Å². The lowest BCUT2D eigenvalue weighted by Gasteiger charge is -2.10. The maximum absolute atomic E-state index is 12.5. The van der Waals surface area contributed by atoms with E-state index in [0.717, 1.165) is 20.9 Å². The van der Waals surface area contributed by atoms with Gasteiger partial charge in [0.25, 0.3) is 0 Å². The predicted octanol–water partition coefficient (Wildman–Crippen LogP) is 4.24. The second-order valence-corrected chi connectivity index (χ2v) is 7.06. The van der Waals surface area contributed by atoms with Gasteiger partial charge in [-0.15, -0.1) is 0 Å². The minimum absolute atomic E-state index is 0.189. The summed E-state index contributed by atoms with van der Waals surface area (Å²) in [7, 11) is 0. The molecule has 2 heterocycles. The van der Waals surface area contributed by atoms with Gasteiger partial charge in [-0.05, 0) is 35.9 Å². The molecule has 1 N–H and O–H groups in total. The molecule has 4 rings (SSSR count). The van der Waals surface area contributed by atoms with E-state index in [1.165, 1.54) is 10.9 Å². The molecule has 0 spiro atoms. The lowest BCUT2D eigenvalue weighted by Crippen LogP contribution is -2.18. The Kier molecular flexibility index (Phi) is 4.87.